The van der Waals surface area contributed by atoms with E-state index in [-0.39, 0.29) is 17.9 Å². The van der Waals surface area contributed by atoms with Gasteiger partial charge in [0.1, 0.15) is 18.3 Å². The van der Waals surface area contributed by atoms with Gasteiger partial charge in [-0.3, -0.25) is 4.79 Å². The first-order chi connectivity index (χ1) is 9.74. The van der Waals surface area contributed by atoms with Gasteiger partial charge in [0.15, 0.2) is 0 Å². The number of carbonyl (C=O) groups is 1. The summed E-state index contributed by atoms with van der Waals surface area (Å²) in [4.78, 5) is 15.1. The van der Waals surface area contributed by atoms with Crippen LogP contribution in [0.2, 0.25) is 0 Å². The first kappa shape index (κ1) is 12.2. The van der Waals surface area contributed by atoms with E-state index in [0.717, 1.165) is 37.0 Å². The van der Waals surface area contributed by atoms with Gasteiger partial charge >= 0.3 is 0 Å². The molecule has 106 valence electrons. The van der Waals surface area contributed by atoms with Crippen molar-refractivity contribution in [3.8, 4) is 5.75 Å². The van der Waals surface area contributed by atoms with E-state index in [4.69, 9.17) is 10.5 Å². The number of carbonyl (C=O) groups excluding carboxylic acids is 1. The average molecular weight is 272 g/mol. The number of piperidine rings is 1. The van der Waals surface area contributed by atoms with Gasteiger partial charge in [0, 0.05) is 23.7 Å². The summed E-state index contributed by atoms with van der Waals surface area (Å²) >= 11 is 0. The van der Waals surface area contributed by atoms with E-state index in [0.29, 0.717) is 18.7 Å². The fourth-order valence-corrected chi connectivity index (χ4v) is 4.13. The number of hydrogen-bond donors (Lipinski definition) is 1. The second-order valence-corrected chi connectivity index (χ2v) is 6.26. The van der Waals surface area contributed by atoms with E-state index >= 15 is 0 Å². The van der Waals surface area contributed by atoms with Crippen molar-refractivity contribution < 1.29 is 9.53 Å². The van der Waals surface area contributed by atoms with Gasteiger partial charge in [-0.1, -0.05) is 18.2 Å². The molecule has 20 heavy (non-hydrogen) atoms. The van der Waals surface area contributed by atoms with Gasteiger partial charge in [-0.15, -0.1) is 0 Å². The van der Waals surface area contributed by atoms with Crippen LogP contribution in [0.5, 0.6) is 5.75 Å². The Morgan fingerprint density at radius 1 is 1.20 bits per heavy atom. The predicted molar refractivity (Wildman–Crippen MR) is 75.5 cm³/mol. The third-order valence-corrected chi connectivity index (χ3v) is 5.02. The minimum absolute atomic E-state index is 0.122. The highest BCUT2D eigenvalue weighted by molar-refractivity contribution is 5.86. The Labute approximate surface area is 118 Å². The molecule has 0 aliphatic carbocycles. The summed E-state index contributed by atoms with van der Waals surface area (Å²) in [6.07, 6.45) is 4.13. The molecule has 0 aromatic heterocycles. The molecule has 0 spiro atoms. The van der Waals surface area contributed by atoms with Crippen LogP contribution in [0.4, 0.5) is 0 Å². The summed E-state index contributed by atoms with van der Waals surface area (Å²) in [5.74, 6) is 0.991. The number of ether oxygens (including phenoxy) is 1. The van der Waals surface area contributed by atoms with Gasteiger partial charge in [-0.25, -0.2) is 0 Å². The molecule has 4 rings (SSSR count). The van der Waals surface area contributed by atoms with Crippen LogP contribution in [-0.2, 0) is 4.79 Å². The van der Waals surface area contributed by atoms with Crippen molar-refractivity contribution in [2.75, 3.05) is 6.61 Å². The maximum atomic E-state index is 12.9. The third kappa shape index (κ3) is 1.74. The van der Waals surface area contributed by atoms with Crippen LogP contribution in [0, 0.1) is 0 Å². The molecule has 2 saturated heterocycles. The van der Waals surface area contributed by atoms with Crippen LogP contribution >= 0.6 is 0 Å². The zero-order chi connectivity index (χ0) is 13.7. The zero-order valence-electron chi connectivity index (χ0n) is 11.5. The zero-order valence-corrected chi connectivity index (χ0v) is 11.5. The van der Waals surface area contributed by atoms with Crippen molar-refractivity contribution in [3.05, 3.63) is 29.8 Å². The molecule has 2 bridgehead atoms. The highest BCUT2D eigenvalue weighted by Gasteiger charge is 2.45. The molecule has 0 saturated carbocycles. The normalized spacial score (nSPS) is 34.8. The van der Waals surface area contributed by atoms with E-state index in [9.17, 15) is 4.79 Å². The molecule has 3 aliphatic rings. The van der Waals surface area contributed by atoms with Crippen molar-refractivity contribution in [2.45, 2.75) is 49.7 Å². The molecule has 3 unspecified atom stereocenters. The average Bonchev–Trinajstić information content (AvgIpc) is 2.98. The molecule has 2 fully saturated rings. The summed E-state index contributed by atoms with van der Waals surface area (Å²) < 4.78 is 5.66. The maximum absolute atomic E-state index is 12.9. The minimum atomic E-state index is -0.122. The molecular formula is C16H20N2O2. The summed E-state index contributed by atoms with van der Waals surface area (Å²) in [7, 11) is 0. The van der Waals surface area contributed by atoms with Gasteiger partial charge < -0.3 is 15.4 Å². The third-order valence-electron chi connectivity index (χ3n) is 5.02. The monoisotopic (exact) mass is 272 g/mol. The lowest BCUT2D eigenvalue weighted by Gasteiger charge is -2.39. The van der Waals surface area contributed by atoms with Crippen molar-refractivity contribution in [2.24, 2.45) is 5.73 Å². The van der Waals surface area contributed by atoms with Gasteiger partial charge in [0.25, 0.3) is 0 Å². The van der Waals surface area contributed by atoms with Crippen LogP contribution in [0.1, 0.15) is 37.2 Å². The number of rotatable bonds is 1. The van der Waals surface area contributed by atoms with Gasteiger partial charge in [0.05, 0.1) is 0 Å². The number of nitrogens with zero attached hydrogens (tertiary/aromatic N) is 1. The lowest BCUT2D eigenvalue weighted by molar-refractivity contribution is -0.137. The fraction of sp³-hybridized carbons (Fsp3) is 0.562. The second-order valence-electron chi connectivity index (χ2n) is 6.26. The number of fused-ring (bicyclic) bond motifs is 3. The molecule has 3 heterocycles. The maximum Gasteiger partial charge on any atom is 0.234 e. The molecule has 3 aliphatic heterocycles. The van der Waals surface area contributed by atoms with E-state index < -0.39 is 0 Å². The Hall–Kier alpha value is -1.55. The highest BCUT2D eigenvalue weighted by atomic mass is 16.5. The predicted octanol–water partition coefficient (Wildman–Crippen LogP) is 1.64. The van der Waals surface area contributed by atoms with E-state index in [1.54, 1.807) is 0 Å². The molecule has 1 amide bonds. The second kappa shape index (κ2) is 4.48. The molecule has 4 nitrogen and oxygen atoms in total. The molecule has 3 atom stereocenters. The Kier molecular flexibility index (Phi) is 2.74. The fourth-order valence-electron chi connectivity index (χ4n) is 4.13. The molecule has 4 heteroatoms. The van der Waals surface area contributed by atoms with E-state index in [1.165, 1.54) is 0 Å². The smallest absolute Gasteiger partial charge is 0.234 e. The van der Waals surface area contributed by atoms with Crippen molar-refractivity contribution in [3.63, 3.8) is 0 Å². The van der Waals surface area contributed by atoms with E-state index in [1.807, 2.05) is 24.3 Å². The lowest BCUT2D eigenvalue weighted by atomic mass is 9.94. The Balaban J connectivity index is 1.60. The number of hydrogen-bond acceptors (Lipinski definition) is 3. The summed E-state index contributed by atoms with van der Waals surface area (Å²) in [5.41, 5.74) is 7.13. The molecule has 1 aromatic rings. The Bertz CT molecular complexity index is 531. The number of para-hydroxylation sites is 1. The van der Waals surface area contributed by atoms with E-state index in [2.05, 4.69) is 4.90 Å². The first-order valence-electron chi connectivity index (χ1n) is 7.53. The SMILES string of the molecule is NC1CC2CCC(C1)N2C(=O)C1COc2ccccc21. The Morgan fingerprint density at radius 3 is 2.65 bits per heavy atom. The number of nitrogens with two attached hydrogens (primary N) is 1. The van der Waals surface area contributed by atoms with Gasteiger partial charge in [0.2, 0.25) is 5.91 Å². The summed E-state index contributed by atoms with van der Waals surface area (Å²) in [6, 6.07) is 8.87. The van der Waals surface area contributed by atoms with Gasteiger partial charge in [-0.05, 0) is 31.7 Å². The number of benzene rings is 1. The quantitative estimate of drug-likeness (QED) is 0.845. The first-order valence-corrected chi connectivity index (χ1v) is 7.53. The van der Waals surface area contributed by atoms with Gasteiger partial charge in [-0.2, -0.15) is 0 Å². The Morgan fingerprint density at radius 2 is 1.90 bits per heavy atom. The highest BCUT2D eigenvalue weighted by Crippen LogP contribution is 2.40. The standard InChI is InChI=1S/C16H20N2O2/c17-10-7-11-5-6-12(8-10)18(11)16(19)14-9-20-15-4-2-1-3-13(14)15/h1-4,10-12,14H,5-9,17H2. The van der Waals surface area contributed by atoms with Crippen molar-refractivity contribution >= 4 is 5.91 Å². The summed E-state index contributed by atoms with van der Waals surface area (Å²) in [5, 5.41) is 0. The van der Waals surface area contributed by atoms with Crippen LogP contribution in [-0.4, -0.2) is 35.5 Å². The topological polar surface area (TPSA) is 55.6 Å². The van der Waals surface area contributed by atoms with Crippen molar-refractivity contribution in [1.82, 2.24) is 4.90 Å². The van der Waals surface area contributed by atoms with Crippen LogP contribution < -0.4 is 10.5 Å². The molecule has 0 radical (unpaired) electrons. The van der Waals surface area contributed by atoms with Crippen LogP contribution in [0.15, 0.2) is 24.3 Å². The number of amides is 1. The molecular weight excluding hydrogens is 252 g/mol. The molecule has 2 N–H and O–H groups in total. The van der Waals surface area contributed by atoms with Crippen LogP contribution in [0.25, 0.3) is 0 Å². The summed E-state index contributed by atoms with van der Waals surface area (Å²) in [6.45, 7) is 0.486. The largest absolute Gasteiger partial charge is 0.492 e. The minimum Gasteiger partial charge on any atom is -0.492 e. The van der Waals surface area contributed by atoms with Crippen molar-refractivity contribution in [1.29, 1.82) is 0 Å². The van der Waals surface area contributed by atoms with Crippen LogP contribution in [0.3, 0.4) is 0 Å². The lowest BCUT2D eigenvalue weighted by Crippen LogP contribution is -2.51. The molecule has 1 aromatic carbocycles.